The van der Waals surface area contributed by atoms with Gasteiger partial charge < -0.3 is 37.4 Å². The van der Waals surface area contributed by atoms with Crippen LogP contribution in [0.15, 0.2) is 48.5 Å². The Hall–Kier alpha value is -5.05. The number of primary amides is 1. The summed E-state index contributed by atoms with van der Waals surface area (Å²) in [5.74, 6) is -3.13. The topological polar surface area (TPSA) is 240 Å². The average Bonchev–Trinajstić information content (AvgIpc) is 3.47. The van der Waals surface area contributed by atoms with Crippen LogP contribution < -0.4 is 27.4 Å². The molecule has 1 aliphatic heterocycles. The third-order valence-electron chi connectivity index (χ3n) is 6.99. The number of carbonyl (C=O) groups excluding carboxylic acids is 5. The summed E-state index contributed by atoms with van der Waals surface area (Å²) in [7, 11) is 0. The molecule has 2 aromatic carbocycles. The molecule has 3 rings (SSSR count). The van der Waals surface area contributed by atoms with Crippen molar-refractivity contribution < 1.29 is 34.0 Å². The van der Waals surface area contributed by atoms with Gasteiger partial charge in [0.25, 0.3) is 5.69 Å². The molecule has 0 spiro atoms. The van der Waals surface area contributed by atoms with E-state index in [0.29, 0.717) is 24.0 Å². The SMILES string of the molecule is CC(NC(=O)C(N)Cc1ccc(O)cc1)C(=O)NCC(=O)NC(Cc1ccc([N+](=O)[O-])cc1)C(=O)N1CCCC1C(N)=O. The molecular weight excluding hydrogens is 562 g/mol. The highest BCUT2D eigenvalue weighted by molar-refractivity contribution is 5.94. The van der Waals surface area contributed by atoms with Crippen molar-refractivity contribution in [3.05, 3.63) is 69.8 Å². The highest BCUT2D eigenvalue weighted by atomic mass is 16.6. The van der Waals surface area contributed by atoms with Crippen molar-refractivity contribution in [2.75, 3.05) is 13.1 Å². The quantitative estimate of drug-likeness (QED) is 0.122. The first-order valence-corrected chi connectivity index (χ1v) is 13.6. The summed E-state index contributed by atoms with van der Waals surface area (Å²) < 4.78 is 0. The van der Waals surface area contributed by atoms with Gasteiger partial charge in [0, 0.05) is 25.1 Å². The Morgan fingerprint density at radius 2 is 1.60 bits per heavy atom. The highest BCUT2D eigenvalue weighted by Gasteiger charge is 2.36. The average molecular weight is 598 g/mol. The molecule has 230 valence electrons. The first kappa shape index (κ1) is 32.5. The van der Waals surface area contributed by atoms with Crippen molar-refractivity contribution in [3.8, 4) is 5.75 Å². The maximum Gasteiger partial charge on any atom is 0.269 e. The zero-order chi connectivity index (χ0) is 31.7. The fourth-order valence-corrected chi connectivity index (χ4v) is 4.65. The summed E-state index contributed by atoms with van der Waals surface area (Å²) >= 11 is 0. The first-order chi connectivity index (χ1) is 20.3. The number of hydrogen-bond donors (Lipinski definition) is 6. The second kappa shape index (κ2) is 14.7. The van der Waals surface area contributed by atoms with Crippen LogP contribution in [0.3, 0.4) is 0 Å². The van der Waals surface area contributed by atoms with Crippen LogP contribution in [-0.4, -0.2) is 81.7 Å². The van der Waals surface area contributed by atoms with Crippen LogP contribution in [0.4, 0.5) is 5.69 Å². The molecule has 15 nitrogen and oxygen atoms in total. The van der Waals surface area contributed by atoms with Gasteiger partial charge in [-0.3, -0.25) is 34.1 Å². The normalized spacial score (nSPS) is 16.4. The summed E-state index contributed by atoms with van der Waals surface area (Å²) in [6.07, 6.45) is 1.07. The minimum atomic E-state index is -1.15. The Kier molecular flexibility index (Phi) is 11.1. The van der Waals surface area contributed by atoms with E-state index in [4.69, 9.17) is 11.5 Å². The Bertz CT molecular complexity index is 1350. The molecule has 4 atom stereocenters. The summed E-state index contributed by atoms with van der Waals surface area (Å²) in [4.78, 5) is 74.8. The van der Waals surface area contributed by atoms with Gasteiger partial charge in [-0.25, -0.2) is 0 Å². The van der Waals surface area contributed by atoms with E-state index in [2.05, 4.69) is 16.0 Å². The van der Waals surface area contributed by atoms with Gasteiger partial charge in [-0.2, -0.15) is 0 Å². The number of nitro groups is 1. The van der Waals surface area contributed by atoms with E-state index in [1.165, 1.54) is 48.2 Å². The smallest absolute Gasteiger partial charge is 0.269 e. The molecule has 1 fully saturated rings. The van der Waals surface area contributed by atoms with Crippen LogP contribution in [0.2, 0.25) is 0 Å². The predicted octanol–water partition coefficient (Wildman–Crippen LogP) is -1.01. The fraction of sp³-hybridized carbons (Fsp3) is 0.393. The molecule has 8 N–H and O–H groups in total. The number of amides is 5. The molecular formula is C28H35N7O8. The van der Waals surface area contributed by atoms with Crippen LogP contribution in [-0.2, 0) is 36.8 Å². The zero-order valence-electron chi connectivity index (χ0n) is 23.5. The van der Waals surface area contributed by atoms with Gasteiger partial charge in [0.1, 0.15) is 23.9 Å². The van der Waals surface area contributed by atoms with E-state index in [0.717, 1.165) is 0 Å². The molecule has 1 aliphatic rings. The molecule has 4 unspecified atom stereocenters. The van der Waals surface area contributed by atoms with Crippen LogP contribution in [0.1, 0.15) is 30.9 Å². The Labute approximate surface area is 247 Å². The summed E-state index contributed by atoms with van der Waals surface area (Å²) in [5.41, 5.74) is 12.5. The lowest BCUT2D eigenvalue weighted by Crippen LogP contribution is -2.55. The number of nitrogens with one attached hydrogen (secondary N) is 3. The van der Waals surface area contributed by atoms with Crippen molar-refractivity contribution >= 4 is 35.2 Å². The van der Waals surface area contributed by atoms with Gasteiger partial charge in [-0.05, 0) is 49.4 Å². The van der Waals surface area contributed by atoms with E-state index in [9.17, 15) is 39.2 Å². The minimum absolute atomic E-state index is 0.0378. The number of nitrogens with two attached hydrogens (primary N) is 2. The predicted molar refractivity (Wildman–Crippen MR) is 153 cm³/mol. The van der Waals surface area contributed by atoms with Crippen LogP contribution >= 0.6 is 0 Å². The fourth-order valence-electron chi connectivity index (χ4n) is 4.65. The number of nitro benzene ring substituents is 1. The van der Waals surface area contributed by atoms with Crippen molar-refractivity contribution in [1.29, 1.82) is 0 Å². The number of benzene rings is 2. The van der Waals surface area contributed by atoms with Gasteiger partial charge in [-0.15, -0.1) is 0 Å². The van der Waals surface area contributed by atoms with Gasteiger partial charge in [-0.1, -0.05) is 24.3 Å². The number of phenolic OH excluding ortho intramolecular Hbond substituents is 1. The van der Waals surface area contributed by atoms with Crippen molar-refractivity contribution in [3.63, 3.8) is 0 Å². The highest BCUT2D eigenvalue weighted by Crippen LogP contribution is 2.20. The maximum absolute atomic E-state index is 13.4. The van der Waals surface area contributed by atoms with Gasteiger partial charge in [0.05, 0.1) is 17.5 Å². The van der Waals surface area contributed by atoms with Gasteiger partial charge in [0.15, 0.2) is 0 Å². The molecule has 2 aromatic rings. The lowest BCUT2D eigenvalue weighted by molar-refractivity contribution is -0.384. The van der Waals surface area contributed by atoms with Gasteiger partial charge in [0.2, 0.25) is 29.5 Å². The van der Waals surface area contributed by atoms with Crippen molar-refractivity contribution in [2.24, 2.45) is 11.5 Å². The second-order valence-corrected chi connectivity index (χ2v) is 10.3. The zero-order valence-corrected chi connectivity index (χ0v) is 23.5. The number of likely N-dealkylation sites (tertiary alicyclic amines) is 1. The van der Waals surface area contributed by atoms with Crippen molar-refractivity contribution in [1.82, 2.24) is 20.9 Å². The minimum Gasteiger partial charge on any atom is -0.508 e. The first-order valence-electron chi connectivity index (χ1n) is 13.6. The lowest BCUT2D eigenvalue weighted by atomic mass is 10.0. The molecule has 5 amide bonds. The van der Waals surface area contributed by atoms with E-state index >= 15 is 0 Å². The Morgan fingerprint density at radius 1 is 1.00 bits per heavy atom. The Balaban J connectivity index is 1.59. The summed E-state index contributed by atoms with van der Waals surface area (Å²) in [5, 5.41) is 27.8. The van der Waals surface area contributed by atoms with Crippen molar-refractivity contribution in [2.45, 2.75) is 56.8 Å². The third kappa shape index (κ3) is 9.22. The van der Waals surface area contributed by atoms with Crippen LogP contribution in [0.5, 0.6) is 5.75 Å². The summed E-state index contributed by atoms with van der Waals surface area (Å²) in [6.45, 7) is 1.15. The number of nitrogens with zero attached hydrogens (tertiary/aromatic N) is 2. The molecule has 0 aromatic heterocycles. The Morgan fingerprint density at radius 3 is 2.21 bits per heavy atom. The number of rotatable bonds is 13. The molecule has 1 saturated heterocycles. The number of phenols is 1. The van der Waals surface area contributed by atoms with Gasteiger partial charge >= 0.3 is 0 Å². The van der Waals surface area contributed by atoms with E-state index in [1.54, 1.807) is 12.1 Å². The van der Waals surface area contributed by atoms with E-state index < -0.39 is 65.2 Å². The van der Waals surface area contributed by atoms with Crippen LogP contribution in [0.25, 0.3) is 0 Å². The van der Waals surface area contributed by atoms with Crippen LogP contribution in [0, 0.1) is 10.1 Å². The number of aromatic hydroxyl groups is 1. The van der Waals surface area contributed by atoms with E-state index in [-0.39, 0.29) is 30.8 Å². The molecule has 15 heteroatoms. The molecule has 0 bridgehead atoms. The number of carbonyl (C=O) groups is 5. The standard InChI is InChI=1S/C28H35N7O8/c1-16(32-27(40)21(29)13-17-6-10-20(36)11-7-17)26(39)31-15-24(37)33-22(14-18-4-8-19(9-5-18)35(42)43)28(41)34-12-2-3-23(34)25(30)38/h4-11,16,21-23,36H,2-3,12-15,29H2,1H3,(H2,30,38)(H,31,39)(H,32,40)(H,33,37). The molecule has 0 radical (unpaired) electrons. The van der Waals surface area contributed by atoms with E-state index in [1.807, 2.05) is 0 Å². The molecule has 0 aliphatic carbocycles. The number of hydrogen-bond acceptors (Lipinski definition) is 9. The second-order valence-electron chi connectivity index (χ2n) is 10.3. The maximum atomic E-state index is 13.4. The molecule has 1 heterocycles. The summed E-state index contributed by atoms with van der Waals surface area (Å²) in [6, 6.07) is 7.64. The third-order valence-corrected chi connectivity index (χ3v) is 6.99. The largest absolute Gasteiger partial charge is 0.508 e. The molecule has 43 heavy (non-hydrogen) atoms. The molecule has 0 saturated carbocycles. The number of non-ortho nitro benzene ring substituents is 1. The monoisotopic (exact) mass is 597 g/mol. The lowest BCUT2D eigenvalue weighted by Gasteiger charge is -2.28.